The fraction of sp³-hybridized carbons (Fsp3) is 0.429. The Balaban J connectivity index is 2.51. The number of methoxy groups -OCH3 is 1. The smallest absolute Gasteiger partial charge is 0.148 e. The third kappa shape index (κ3) is 5.54. The summed E-state index contributed by atoms with van der Waals surface area (Å²) in [5.74, 6) is 3.30. The lowest BCUT2D eigenvalue weighted by molar-refractivity contribution is 0.194. The molecule has 0 saturated carbocycles. The van der Waals surface area contributed by atoms with Crippen LogP contribution < -0.4 is 10.1 Å². The maximum atomic E-state index is 5.50. The van der Waals surface area contributed by atoms with Crippen molar-refractivity contribution in [3.8, 4) is 18.1 Å². The quantitative estimate of drug-likeness (QED) is 0.591. The molecule has 0 aliphatic heterocycles. The van der Waals surface area contributed by atoms with E-state index < -0.39 is 0 Å². The van der Waals surface area contributed by atoms with Crippen LogP contribution in [0.4, 0.5) is 0 Å². The minimum absolute atomic E-state index is 0.290. The molecule has 0 unspecified atom stereocenters. The SMILES string of the molecule is C#CCOc1ccc(Br)cc1CNCCCOC. The number of benzene rings is 1. The minimum Gasteiger partial charge on any atom is -0.481 e. The highest BCUT2D eigenvalue weighted by molar-refractivity contribution is 9.10. The molecule has 1 aromatic carbocycles. The molecule has 0 saturated heterocycles. The predicted molar refractivity (Wildman–Crippen MR) is 76.7 cm³/mol. The molecule has 0 aliphatic rings. The zero-order valence-electron chi connectivity index (χ0n) is 10.5. The first-order chi connectivity index (χ1) is 8.77. The van der Waals surface area contributed by atoms with E-state index in [-0.39, 0.29) is 6.61 Å². The van der Waals surface area contributed by atoms with E-state index in [0.29, 0.717) is 0 Å². The maximum absolute atomic E-state index is 5.50. The Morgan fingerprint density at radius 2 is 2.28 bits per heavy atom. The molecule has 0 atom stereocenters. The Morgan fingerprint density at radius 1 is 1.44 bits per heavy atom. The largest absolute Gasteiger partial charge is 0.481 e. The molecule has 0 aliphatic carbocycles. The summed E-state index contributed by atoms with van der Waals surface area (Å²) in [6, 6.07) is 5.91. The first kappa shape index (κ1) is 15.0. The van der Waals surface area contributed by atoms with Gasteiger partial charge >= 0.3 is 0 Å². The highest BCUT2D eigenvalue weighted by Crippen LogP contribution is 2.23. The zero-order chi connectivity index (χ0) is 13.2. The number of rotatable bonds is 8. The van der Waals surface area contributed by atoms with Crippen molar-refractivity contribution in [3.63, 3.8) is 0 Å². The van der Waals surface area contributed by atoms with Gasteiger partial charge in [-0.25, -0.2) is 0 Å². The highest BCUT2D eigenvalue weighted by Gasteiger charge is 2.04. The molecule has 3 nitrogen and oxygen atoms in total. The average Bonchev–Trinajstić information content (AvgIpc) is 2.37. The Morgan fingerprint density at radius 3 is 3.00 bits per heavy atom. The van der Waals surface area contributed by atoms with E-state index in [1.54, 1.807) is 7.11 Å². The van der Waals surface area contributed by atoms with Gasteiger partial charge in [-0.2, -0.15) is 0 Å². The van der Waals surface area contributed by atoms with Gasteiger partial charge in [-0.05, 0) is 31.2 Å². The molecule has 4 heteroatoms. The second-order valence-corrected chi connectivity index (χ2v) is 4.68. The van der Waals surface area contributed by atoms with Gasteiger partial charge < -0.3 is 14.8 Å². The first-order valence-electron chi connectivity index (χ1n) is 5.82. The zero-order valence-corrected chi connectivity index (χ0v) is 12.1. The first-order valence-corrected chi connectivity index (χ1v) is 6.61. The predicted octanol–water partition coefficient (Wildman–Crippen LogP) is 2.59. The van der Waals surface area contributed by atoms with Crippen molar-refractivity contribution in [2.45, 2.75) is 13.0 Å². The van der Waals surface area contributed by atoms with Crippen molar-refractivity contribution >= 4 is 15.9 Å². The molecular weight excluding hydrogens is 294 g/mol. The van der Waals surface area contributed by atoms with E-state index in [0.717, 1.165) is 41.9 Å². The Kier molecular flexibility index (Phi) is 7.51. The van der Waals surface area contributed by atoms with Crippen LogP contribution in [-0.2, 0) is 11.3 Å². The lowest BCUT2D eigenvalue weighted by atomic mass is 10.2. The fourth-order valence-corrected chi connectivity index (χ4v) is 1.92. The summed E-state index contributed by atoms with van der Waals surface area (Å²) in [7, 11) is 1.71. The highest BCUT2D eigenvalue weighted by atomic mass is 79.9. The van der Waals surface area contributed by atoms with Crippen LogP contribution >= 0.6 is 15.9 Å². The van der Waals surface area contributed by atoms with Crippen molar-refractivity contribution in [2.24, 2.45) is 0 Å². The third-order valence-electron chi connectivity index (χ3n) is 2.35. The molecule has 0 spiro atoms. The maximum Gasteiger partial charge on any atom is 0.148 e. The summed E-state index contributed by atoms with van der Waals surface area (Å²) >= 11 is 3.45. The van der Waals surface area contributed by atoms with E-state index in [9.17, 15) is 0 Å². The standard InChI is InChI=1S/C14H18BrNO2/c1-3-8-18-14-6-5-13(15)10-12(14)11-16-7-4-9-17-2/h1,5-6,10,16H,4,7-9,11H2,2H3. The van der Waals surface area contributed by atoms with Crippen LogP contribution in [0.2, 0.25) is 0 Å². The second kappa shape index (κ2) is 8.98. The fourth-order valence-electron chi connectivity index (χ4n) is 1.51. The molecule has 18 heavy (non-hydrogen) atoms. The number of nitrogens with one attached hydrogen (secondary N) is 1. The van der Waals surface area contributed by atoms with Gasteiger partial charge in [-0.15, -0.1) is 6.42 Å². The molecule has 1 aromatic rings. The van der Waals surface area contributed by atoms with Gasteiger partial charge in [0.05, 0.1) is 0 Å². The van der Waals surface area contributed by atoms with Gasteiger partial charge in [0.1, 0.15) is 12.4 Å². The molecule has 0 bridgehead atoms. The molecule has 98 valence electrons. The van der Waals surface area contributed by atoms with Crippen LogP contribution in [0, 0.1) is 12.3 Å². The molecule has 0 amide bonds. The lowest BCUT2D eigenvalue weighted by Crippen LogP contribution is -2.16. The molecule has 1 rings (SSSR count). The van der Waals surface area contributed by atoms with Crippen LogP contribution in [0.25, 0.3) is 0 Å². The molecule has 0 fully saturated rings. The molecule has 0 heterocycles. The number of hydrogen-bond acceptors (Lipinski definition) is 3. The van der Waals surface area contributed by atoms with E-state index in [4.69, 9.17) is 15.9 Å². The summed E-state index contributed by atoms with van der Waals surface area (Å²) in [6.45, 7) is 2.72. The summed E-state index contributed by atoms with van der Waals surface area (Å²) in [5.41, 5.74) is 1.09. The van der Waals surface area contributed by atoms with Crippen LogP contribution in [-0.4, -0.2) is 26.9 Å². The van der Waals surface area contributed by atoms with E-state index >= 15 is 0 Å². The Bertz CT molecular complexity index is 401. The van der Waals surface area contributed by atoms with Gasteiger partial charge in [0, 0.05) is 30.3 Å². The third-order valence-corrected chi connectivity index (χ3v) is 2.84. The van der Waals surface area contributed by atoms with Gasteiger partial charge in [-0.1, -0.05) is 21.9 Å². The number of hydrogen-bond donors (Lipinski definition) is 1. The molecule has 0 radical (unpaired) electrons. The lowest BCUT2D eigenvalue weighted by Gasteiger charge is -2.11. The van der Waals surface area contributed by atoms with Gasteiger partial charge in [-0.3, -0.25) is 0 Å². The van der Waals surface area contributed by atoms with Crippen molar-refractivity contribution in [1.82, 2.24) is 5.32 Å². The summed E-state index contributed by atoms with van der Waals surface area (Å²) in [5, 5.41) is 3.35. The topological polar surface area (TPSA) is 30.5 Å². The summed E-state index contributed by atoms with van der Waals surface area (Å²) in [4.78, 5) is 0. The van der Waals surface area contributed by atoms with E-state index in [1.165, 1.54) is 0 Å². The monoisotopic (exact) mass is 311 g/mol. The van der Waals surface area contributed by atoms with E-state index in [1.807, 2.05) is 18.2 Å². The molecule has 0 aromatic heterocycles. The number of terminal acetylenes is 1. The van der Waals surface area contributed by atoms with Crippen molar-refractivity contribution in [2.75, 3.05) is 26.9 Å². The van der Waals surface area contributed by atoms with Gasteiger partial charge in [0.15, 0.2) is 0 Å². The minimum atomic E-state index is 0.290. The van der Waals surface area contributed by atoms with Crippen molar-refractivity contribution < 1.29 is 9.47 Å². The summed E-state index contributed by atoms with van der Waals surface area (Å²) < 4.78 is 11.5. The van der Waals surface area contributed by atoms with Crippen LogP contribution in [0.1, 0.15) is 12.0 Å². The second-order valence-electron chi connectivity index (χ2n) is 3.77. The van der Waals surface area contributed by atoms with Gasteiger partial charge in [0.2, 0.25) is 0 Å². The Labute approximate surface area is 117 Å². The van der Waals surface area contributed by atoms with E-state index in [2.05, 4.69) is 27.2 Å². The van der Waals surface area contributed by atoms with Crippen molar-refractivity contribution in [3.05, 3.63) is 28.2 Å². The number of halogens is 1. The van der Waals surface area contributed by atoms with Crippen LogP contribution in [0.15, 0.2) is 22.7 Å². The van der Waals surface area contributed by atoms with Crippen LogP contribution in [0.5, 0.6) is 5.75 Å². The summed E-state index contributed by atoms with van der Waals surface area (Å²) in [6.07, 6.45) is 6.19. The van der Waals surface area contributed by atoms with Gasteiger partial charge in [0.25, 0.3) is 0 Å². The molecule has 1 N–H and O–H groups in total. The molecular formula is C14H18BrNO2. The number of ether oxygens (including phenoxy) is 2. The van der Waals surface area contributed by atoms with Crippen molar-refractivity contribution in [1.29, 1.82) is 0 Å². The average molecular weight is 312 g/mol. The Hall–Kier alpha value is -1.02. The van der Waals surface area contributed by atoms with Crippen LogP contribution in [0.3, 0.4) is 0 Å². The normalized spacial score (nSPS) is 10.1.